The average Bonchev–Trinajstić information content (AvgIpc) is 2.87. The summed E-state index contributed by atoms with van der Waals surface area (Å²) in [6.07, 6.45) is 7.08. The first-order valence-corrected chi connectivity index (χ1v) is 13.4. The van der Waals surface area contributed by atoms with Gasteiger partial charge in [-0.15, -0.1) is 0 Å². The minimum absolute atomic E-state index is 0.162. The second-order valence-electron chi connectivity index (χ2n) is 9.58. The summed E-state index contributed by atoms with van der Waals surface area (Å²) in [6, 6.07) is 6.87. The number of ketones is 2. The minimum Gasteiger partial charge on any atom is -0.374 e. The standard InChI is InChI=1S/C28H42N4O4/c1-3-5-15-29-17-13-23(33)31-21-11-12-22(32-24(34)14-18-30-16-6-4-2)26-25(21)27(35)19-9-7-8-10-20(19)28(26)36/h7-12,23-26,29-34H,3-6,13-18H2,1-2H3. The van der Waals surface area contributed by atoms with Crippen LogP contribution in [0.5, 0.6) is 0 Å². The Hall–Kier alpha value is -2.52. The maximum absolute atomic E-state index is 13.6. The number of Topliss-reactive ketones (excluding diaryl/α,β-unsaturated/α-hetero) is 2. The molecule has 4 unspecified atom stereocenters. The summed E-state index contributed by atoms with van der Waals surface area (Å²) in [7, 11) is 0. The lowest BCUT2D eigenvalue weighted by Crippen LogP contribution is -2.48. The van der Waals surface area contributed by atoms with Crippen LogP contribution in [-0.4, -0.2) is 60.4 Å². The Morgan fingerprint density at radius 1 is 0.722 bits per heavy atom. The zero-order valence-electron chi connectivity index (χ0n) is 21.6. The van der Waals surface area contributed by atoms with Crippen LogP contribution in [0.25, 0.3) is 0 Å². The highest BCUT2D eigenvalue weighted by Crippen LogP contribution is 2.39. The van der Waals surface area contributed by atoms with E-state index in [9.17, 15) is 19.8 Å². The zero-order valence-corrected chi connectivity index (χ0v) is 21.6. The van der Waals surface area contributed by atoms with Gasteiger partial charge in [0.2, 0.25) is 0 Å². The Balaban J connectivity index is 1.74. The third-order valence-electron chi connectivity index (χ3n) is 6.74. The van der Waals surface area contributed by atoms with Gasteiger partial charge in [-0.2, -0.15) is 0 Å². The summed E-state index contributed by atoms with van der Waals surface area (Å²) < 4.78 is 0. The largest absolute Gasteiger partial charge is 0.374 e. The number of nitrogens with one attached hydrogen (secondary N) is 4. The van der Waals surface area contributed by atoms with Gasteiger partial charge in [-0.1, -0.05) is 51.0 Å². The molecule has 0 amide bonds. The molecule has 0 saturated heterocycles. The number of unbranched alkanes of at least 4 members (excludes halogenated alkanes) is 2. The molecule has 0 heterocycles. The number of hydrogen-bond acceptors (Lipinski definition) is 8. The van der Waals surface area contributed by atoms with Crippen LogP contribution in [0.4, 0.5) is 0 Å². The van der Waals surface area contributed by atoms with Crippen molar-refractivity contribution in [2.24, 2.45) is 11.8 Å². The second kappa shape index (κ2) is 14.3. The van der Waals surface area contributed by atoms with Crippen molar-refractivity contribution < 1.29 is 19.8 Å². The molecular formula is C28H42N4O4. The van der Waals surface area contributed by atoms with Crippen LogP contribution >= 0.6 is 0 Å². The predicted molar refractivity (Wildman–Crippen MR) is 141 cm³/mol. The molecule has 3 rings (SSSR count). The van der Waals surface area contributed by atoms with Gasteiger partial charge in [0.05, 0.1) is 11.8 Å². The van der Waals surface area contributed by atoms with E-state index in [1.165, 1.54) is 0 Å². The molecule has 0 saturated carbocycles. The van der Waals surface area contributed by atoms with Gasteiger partial charge in [-0.25, -0.2) is 0 Å². The van der Waals surface area contributed by atoms with Gasteiger partial charge in [0.25, 0.3) is 0 Å². The van der Waals surface area contributed by atoms with Gasteiger partial charge in [-0.05, 0) is 51.2 Å². The highest BCUT2D eigenvalue weighted by atomic mass is 16.3. The first-order chi connectivity index (χ1) is 17.5. The maximum atomic E-state index is 13.6. The SMILES string of the molecule is CCCCNCCC(O)NC1=CC=C(NC(O)CCNCCCC)C2C(=O)c3ccccc3C(=O)C12. The summed E-state index contributed by atoms with van der Waals surface area (Å²) in [5.74, 6) is -1.88. The third kappa shape index (κ3) is 7.26. The number of fused-ring (bicyclic) bond motifs is 2. The van der Waals surface area contributed by atoms with E-state index in [-0.39, 0.29) is 11.6 Å². The second-order valence-corrected chi connectivity index (χ2v) is 9.58. The lowest BCUT2D eigenvalue weighted by molar-refractivity contribution is 0.0732. The molecule has 0 aliphatic heterocycles. The van der Waals surface area contributed by atoms with Gasteiger partial charge in [-0.3, -0.25) is 9.59 Å². The molecule has 8 heteroatoms. The summed E-state index contributed by atoms with van der Waals surface area (Å²) >= 11 is 0. The fraction of sp³-hybridized carbons (Fsp3) is 0.571. The van der Waals surface area contributed by atoms with Crippen molar-refractivity contribution >= 4 is 11.6 Å². The van der Waals surface area contributed by atoms with Crippen LogP contribution < -0.4 is 21.3 Å². The molecule has 0 fully saturated rings. The molecule has 2 aliphatic carbocycles. The fourth-order valence-electron chi connectivity index (χ4n) is 4.72. The molecule has 36 heavy (non-hydrogen) atoms. The fourth-order valence-corrected chi connectivity index (χ4v) is 4.72. The highest BCUT2D eigenvalue weighted by molar-refractivity contribution is 6.18. The van der Waals surface area contributed by atoms with E-state index in [0.717, 1.165) is 38.8 Å². The molecule has 198 valence electrons. The molecule has 4 atom stereocenters. The zero-order chi connectivity index (χ0) is 25.9. The number of hydrogen-bond donors (Lipinski definition) is 6. The molecule has 2 aliphatic rings. The molecule has 1 aromatic carbocycles. The number of allylic oxidation sites excluding steroid dienone is 4. The summed E-state index contributed by atoms with van der Waals surface area (Å²) in [5.41, 5.74) is 1.84. The van der Waals surface area contributed by atoms with E-state index in [0.29, 0.717) is 48.5 Å². The number of benzene rings is 1. The van der Waals surface area contributed by atoms with Crippen LogP contribution in [0, 0.1) is 11.8 Å². The number of carbonyl (C=O) groups excluding carboxylic acids is 2. The highest BCUT2D eigenvalue weighted by Gasteiger charge is 2.46. The maximum Gasteiger partial charge on any atom is 0.173 e. The Bertz CT molecular complexity index is 870. The molecular weight excluding hydrogens is 456 g/mol. The monoisotopic (exact) mass is 498 g/mol. The van der Waals surface area contributed by atoms with Crippen LogP contribution in [0.15, 0.2) is 47.8 Å². The van der Waals surface area contributed by atoms with Gasteiger partial charge >= 0.3 is 0 Å². The van der Waals surface area contributed by atoms with Crippen molar-refractivity contribution in [3.8, 4) is 0 Å². The molecule has 0 aromatic heterocycles. The van der Waals surface area contributed by atoms with E-state index in [4.69, 9.17) is 0 Å². The number of aliphatic hydroxyl groups excluding tert-OH is 2. The van der Waals surface area contributed by atoms with Crippen molar-refractivity contribution in [3.05, 3.63) is 58.9 Å². The Morgan fingerprint density at radius 3 is 1.53 bits per heavy atom. The Labute approximate surface area is 214 Å². The van der Waals surface area contributed by atoms with Crippen LogP contribution in [-0.2, 0) is 0 Å². The summed E-state index contributed by atoms with van der Waals surface area (Å²) in [6.45, 7) is 7.34. The quantitative estimate of drug-likeness (QED) is 0.152. The van der Waals surface area contributed by atoms with Gasteiger partial charge in [0.15, 0.2) is 11.6 Å². The van der Waals surface area contributed by atoms with Crippen LogP contribution in [0.2, 0.25) is 0 Å². The van der Waals surface area contributed by atoms with E-state index < -0.39 is 24.3 Å². The molecule has 1 aromatic rings. The molecule has 0 radical (unpaired) electrons. The first kappa shape index (κ1) is 28.1. The van der Waals surface area contributed by atoms with Crippen LogP contribution in [0.3, 0.4) is 0 Å². The van der Waals surface area contributed by atoms with Crippen molar-refractivity contribution in [1.29, 1.82) is 0 Å². The number of rotatable bonds is 16. The molecule has 0 bridgehead atoms. The lowest BCUT2D eigenvalue weighted by Gasteiger charge is -2.37. The van der Waals surface area contributed by atoms with Crippen molar-refractivity contribution in [1.82, 2.24) is 21.3 Å². The minimum atomic E-state index is -0.853. The van der Waals surface area contributed by atoms with E-state index in [1.54, 1.807) is 36.4 Å². The van der Waals surface area contributed by atoms with Gasteiger partial charge < -0.3 is 31.5 Å². The lowest BCUT2D eigenvalue weighted by atomic mass is 9.69. The van der Waals surface area contributed by atoms with Crippen molar-refractivity contribution in [2.45, 2.75) is 64.8 Å². The molecule has 8 nitrogen and oxygen atoms in total. The third-order valence-corrected chi connectivity index (χ3v) is 6.74. The number of aliphatic hydroxyl groups is 2. The van der Waals surface area contributed by atoms with Gasteiger partial charge in [0, 0.05) is 35.4 Å². The van der Waals surface area contributed by atoms with Gasteiger partial charge in [0.1, 0.15) is 12.5 Å². The Kier molecular flexibility index (Phi) is 11.1. The average molecular weight is 499 g/mol. The summed E-state index contributed by atoms with van der Waals surface area (Å²) in [5, 5.41) is 33.9. The Morgan fingerprint density at radius 2 is 1.14 bits per heavy atom. The topological polar surface area (TPSA) is 123 Å². The van der Waals surface area contributed by atoms with Crippen molar-refractivity contribution in [3.63, 3.8) is 0 Å². The normalized spacial score (nSPS) is 20.7. The van der Waals surface area contributed by atoms with Crippen molar-refractivity contribution in [2.75, 3.05) is 26.2 Å². The van der Waals surface area contributed by atoms with E-state index in [1.807, 2.05) is 0 Å². The van der Waals surface area contributed by atoms with E-state index in [2.05, 4.69) is 35.1 Å². The smallest absolute Gasteiger partial charge is 0.173 e. The predicted octanol–water partition coefficient (Wildman–Crippen LogP) is 2.46. The number of carbonyl (C=O) groups is 2. The molecule has 0 spiro atoms. The first-order valence-electron chi connectivity index (χ1n) is 13.4. The summed E-state index contributed by atoms with van der Waals surface area (Å²) in [4.78, 5) is 27.1. The van der Waals surface area contributed by atoms with Crippen LogP contribution in [0.1, 0.15) is 73.1 Å². The molecule has 6 N–H and O–H groups in total. The van der Waals surface area contributed by atoms with E-state index >= 15 is 0 Å².